The Balaban J connectivity index is 1.22. The van der Waals surface area contributed by atoms with Crippen molar-refractivity contribution < 1.29 is 14.3 Å². The summed E-state index contributed by atoms with van der Waals surface area (Å²) in [6, 6.07) is 24.7. The second-order valence-corrected chi connectivity index (χ2v) is 9.80. The van der Waals surface area contributed by atoms with Gasteiger partial charge in [0.05, 0.1) is 20.3 Å². The third-order valence-corrected chi connectivity index (χ3v) is 7.11. The van der Waals surface area contributed by atoms with Crippen LogP contribution in [0.3, 0.4) is 0 Å². The van der Waals surface area contributed by atoms with Gasteiger partial charge in [-0.1, -0.05) is 78.4 Å². The highest BCUT2D eigenvalue weighted by atomic mass is 35.5. The molecule has 1 N–H and O–H groups in total. The van der Waals surface area contributed by atoms with Gasteiger partial charge in [0.25, 0.3) is 0 Å². The van der Waals surface area contributed by atoms with Gasteiger partial charge in [0, 0.05) is 50.4 Å². The summed E-state index contributed by atoms with van der Waals surface area (Å²) in [5.41, 5.74) is 3.49. The molecule has 204 valence electrons. The normalized spacial score (nSPS) is 15.5. The van der Waals surface area contributed by atoms with Crippen molar-refractivity contribution in [3.8, 4) is 11.5 Å². The number of rotatable bonds is 11. The molecule has 0 aliphatic carbocycles. The first kappa shape index (κ1) is 28.4. The van der Waals surface area contributed by atoms with Crippen molar-refractivity contribution >= 4 is 23.6 Å². The summed E-state index contributed by atoms with van der Waals surface area (Å²) in [5, 5.41) is 3.74. The molecule has 1 aliphatic rings. The fourth-order valence-electron chi connectivity index (χ4n) is 4.80. The molecular formula is C32H36ClN3O3. The highest BCUT2D eigenvalue weighted by Crippen LogP contribution is 2.30. The first-order chi connectivity index (χ1) is 19.1. The zero-order valence-corrected chi connectivity index (χ0v) is 23.3. The molecule has 1 heterocycles. The Hall–Kier alpha value is -3.58. The lowest BCUT2D eigenvalue weighted by molar-refractivity contribution is -0.116. The average Bonchev–Trinajstić information content (AvgIpc) is 2.97. The molecule has 1 amide bonds. The number of benzene rings is 3. The number of hydrogen-bond donors (Lipinski definition) is 1. The van der Waals surface area contributed by atoms with Crippen molar-refractivity contribution in [2.24, 2.45) is 0 Å². The summed E-state index contributed by atoms with van der Waals surface area (Å²) in [5.74, 6) is 1.25. The number of nitrogens with one attached hydrogen (secondary N) is 1. The van der Waals surface area contributed by atoms with Crippen LogP contribution in [0.2, 0.25) is 5.02 Å². The maximum absolute atomic E-state index is 12.3. The first-order valence-electron chi connectivity index (χ1n) is 13.2. The summed E-state index contributed by atoms with van der Waals surface area (Å²) in [4.78, 5) is 17.2. The summed E-state index contributed by atoms with van der Waals surface area (Å²) in [6.45, 7) is 5.26. The molecule has 1 aliphatic heterocycles. The van der Waals surface area contributed by atoms with E-state index in [4.69, 9.17) is 21.1 Å². The standard InChI is InChI=1S/C32H36ClN3O3/c1-38-29-17-12-25(24-30(29)39-2)8-6-7-11-31(37)34-18-19-35-20-22-36(23-21-35)32(26-9-4-3-5-10-26)27-13-15-28(33)16-14-27/h3-17,24,32H,18-23H2,1-2H3,(H,34,37)/b8-6+,11-7+. The van der Waals surface area contributed by atoms with E-state index in [-0.39, 0.29) is 11.9 Å². The van der Waals surface area contributed by atoms with E-state index < -0.39 is 0 Å². The van der Waals surface area contributed by atoms with Gasteiger partial charge >= 0.3 is 0 Å². The van der Waals surface area contributed by atoms with Gasteiger partial charge < -0.3 is 14.8 Å². The van der Waals surface area contributed by atoms with Crippen LogP contribution in [-0.4, -0.2) is 69.2 Å². The Morgan fingerprint density at radius 1 is 0.897 bits per heavy atom. The second kappa shape index (κ2) is 14.5. The number of ether oxygens (including phenoxy) is 2. The first-order valence-corrected chi connectivity index (χ1v) is 13.6. The lowest BCUT2D eigenvalue weighted by Gasteiger charge is -2.39. The van der Waals surface area contributed by atoms with Crippen molar-refractivity contribution in [2.45, 2.75) is 6.04 Å². The minimum atomic E-state index is -0.0996. The minimum Gasteiger partial charge on any atom is -0.493 e. The van der Waals surface area contributed by atoms with Crippen molar-refractivity contribution in [2.75, 3.05) is 53.5 Å². The molecule has 0 spiro atoms. The van der Waals surface area contributed by atoms with Crippen molar-refractivity contribution in [3.05, 3.63) is 113 Å². The number of halogens is 1. The van der Waals surface area contributed by atoms with Gasteiger partial charge in [0.1, 0.15) is 0 Å². The number of nitrogens with zero attached hydrogens (tertiary/aromatic N) is 2. The van der Waals surface area contributed by atoms with E-state index in [9.17, 15) is 4.79 Å². The highest BCUT2D eigenvalue weighted by Gasteiger charge is 2.26. The molecule has 0 bridgehead atoms. The van der Waals surface area contributed by atoms with Crippen LogP contribution in [0.25, 0.3) is 6.08 Å². The smallest absolute Gasteiger partial charge is 0.244 e. The molecule has 4 rings (SSSR count). The molecule has 3 aromatic rings. The molecule has 1 atom stereocenters. The number of hydrogen-bond acceptors (Lipinski definition) is 5. The van der Waals surface area contributed by atoms with E-state index in [1.165, 1.54) is 11.1 Å². The SMILES string of the molecule is COc1ccc(/C=C/C=C/C(=O)NCCN2CCN(C(c3ccccc3)c3ccc(Cl)cc3)CC2)cc1OC. The van der Waals surface area contributed by atoms with Gasteiger partial charge in [-0.3, -0.25) is 14.6 Å². The van der Waals surface area contributed by atoms with Gasteiger partial charge in [-0.2, -0.15) is 0 Å². The maximum atomic E-state index is 12.3. The van der Waals surface area contributed by atoms with E-state index in [0.29, 0.717) is 18.0 Å². The van der Waals surface area contributed by atoms with Gasteiger partial charge in [0.2, 0.25) is 5.91 Å². The Kier molecular flexibility index (Phi) is 10.6. The molecule has 0 aromatic heterocycles. The van der Waals surface area contributed by atoms with E-state index in [2.05, 4.69) is 57.6 Å². The zero-order valence-electron chi connectivity index (χ0n) is 22.6. The second-order valence-electron chi connectivity index (χ2n) is 9.37. The lowest BCUT2D eigenvalue weighted by Crippen LogP contribution is -2.49. The summed E-state index contributed by atoms with van der Waals surface area (Å²) >= 11 is 6.15. The fourth-order valence-corrected chi connectivity index (χ4v) is 4.93. The van der Waals surface area contributed by atoms with E-state index in [1.807, 2.05) is 42.5 Å². The quantitative estimate of drug-likeness (QED) is 0.256. The molecule has 1 unspecified atom stereocenters. The van der Waals surface area contributed by atoms with Crippen LogP contribution >= 0.6 is 11.6 Å². The fraction of sp³-hybridized carbons (Fsp3) is 0.281. The van der Waals surface area contributed by atoms with Gasteiger partial charge in [-0.25, -0.2) is 0 Å². The van der Waals surface area contributed by atoms with Crippen LogP contribution in [0.1, 0.15) is 22.7 Å². The van der Waals surface area contributed by atoms with E-state index in [1.54, 1.807) is 26.4 Å². The number of allylic oxidation sites excluding steroid dienone is 2. The van der Waals surface area contributed by atoms with Gasteiger partial charge in [0.15, 0.2) is 11.5 Å². The number of methoxy groups -OCH3 is 2. The Bertz CT molecular complexity index is 1250. The predicted octanol–water partition coefficient (Wildman–Crippen LogP) is 5.45. The van der Waals surface area contributed by atoms with E-state index in [0.717, 1.165) is 43.3 Å². The molecule has 1 saturated heterocycles. The summed E-state index contributed by atoms with van der Waals surface area (Å²) in [6.07, 6.45) is 7.04. The largest absolute Gasteiger partial charge is 0.493 e. The average molecular weight is 546 g/mol. The summed E-state index contributed by atoms with van der Waals surface area (Å²) in [7, 11) is 3.22. The molecule has 39 heavy (non-hydrogen) atoms. The molecule has 0 radical (unpaired) electrons. The number of piperazine rings is 1. The molecule has 0 saturated carbocycles. The highest BCUT2D eigenvalue weighted by molar-refractivity contribution is 6.30. The molecule has 1 fully saturated rings. The molecule has 3 aromatic carbocycles. The monoisotopic (exact) mass is 545 g/mol. The summed E-state index contributed by atoms with van der Waals surface area (Å²) < 4.78 is 10.6. The lowest BCUT2D eigenvalue weighted by atomic mass is 9.96. The van der Waals surface area contributed by atoms with Gasteiger partial charge in [-0.05, 0) is 41.0 Å². The van der Waals surface area contributed by atoms with Crippen LogP contribution < -0.4 is 14.8 Å². The maximum Gasteiger partial charge on any atom is 0.244 e. The van der Waals surface area contributed by atoms with Crippen molar-refractivity contribution in [3.63, 3.8) is 0 Å². The third kappa shape index (κ3) is 8.20. The van der Waals surface area contributed by atoms with Gasteiger partial charge in [-0.15, -0.1) is 0 Å². The van der Waals surface area contributed by atoms with Crippen LogP contribution in [0.15, 0.2) is 91.0 Å². The van der Waals surface area contributed by atoms with Crippen LogP contribution in [0, 0.1) is 0 Å². The predicted molar refractivity (Wildman–Crippen MR) is 158 cm³/mol. The Morgan fingerprint density at radius 2 is 1.59 bits per heavy atom. The Morgan fingerprint density at radius 3 is 2.28 bits per heavy atom. The molecule has 7 heteroatoms. The number of amides is 1. The zero-order chi connectivity index (χ0) is 27.5. The molecular weight excluding hydrogens is 510 g/mol. The topological polar surface area (TPSA) is 54.0 Å². The number of carbonyl (C=O) groups excluding carboxylic acids is 1. The Labute approximate surface area is 236 Å². The van der Waals surface area contributed by atoms with Crippen molar-refractivity contribution in [1.82, 2.24) is 15.1 Å². The number of carbonyl (C=O) groups is 1. The minimum absolute atomic E-state index is 0.0996. The van der Waals surface area contributed by atoms with E-state index >= 15 is 0 Å². The molecule has 6 nitrogen and oxygen atoms in total. The van der Waals surface area contributed by atoms with Crippen LogP contribution in [0.4, 0.5) is 0 Å². The van der Waals surface area contributed by atoms with Crippen LogP contribution in [-0.2, 0) is 4.79 Å². The third-order valence-electron chi connectivity index (χ3n) is 6.86. The van der Waals surface area contributed by atoms with Crippen molar-refractivity contribution in [1.29, 1.82) is 0 Å². The van der Waals surface area contributed by atoms with Crippen LogP contribution in [0.5, 0.6) is 11.5 Å².